The number of thiazole rings is 1. The highest BCUT2D eigenvalue weighted by molar-refractivity contribution is 7.11. The molecule has 2 aromatic rings. The maximum Gasteiger partial charge on any atom is 0.433 e. The number of aromatic nitrogens is 2. The second-order valence-corrected chi connectivity index (χ2v) is 5.88. The molecule has 0 aliphatic heterocycles. The Morgan fingerprint density at radius 3 is 2.40 bits per heavy atom. The standard InChI is InChI=1S/C13H14F3N3S/c1-7(12-8(2)20-9(3)19-12)18-10-4-5-11(17-6-10)13(14,15)16/h4-7,18H,1-3H3. The molecule has 20 heavy (non-hydrogen) atoms. The molecule has 2 aromatic heterocycles. The second kappa shape index (κ2) is 5.40. The zero-order chi connectivity index (χ0) is 14.9. The molecular weight excluding hydrogens is 287 g/mol. The summed E-state index contributed by atoms with van der Waals surface area (Å²) >= 11 is 1.60. The molecule has 0 saturated carbocycles. The van der Waals surface area contributed by atoms with Crippen molar-refractivity contribution in [2.75, 3.05) is 5.32 Å². The normalized spacial score (nSPS) is 13.3. The molecule has 3 nitrogen and oxygen atoms in total. The molecule has 0 bridgehead atoms. The smallest absolute Gasteiger partial charge is 0.376 e. The van der Waals surface area contributed by atoms with Crippen LogP contribution >= 0.6 is 11.3 Å². The molecule has 0 radical (unpaired) electrons. The van der Waals surface area contributed by atoms with E-state index >= 15 is 0 Å². The van der Waals surface area contributed by atoms with Gasteiger partial charge in [-0.3, -0.25) is 0 Å². The second-order valence-electron chi connectivity index (χ2n) is 4.47. The molecule has 0 aromatic carbocycles. The SMILES string of the molecule is Cc1nc(C(C)Nc2ccc(C(F)(F)F)nc2)c(C)s1. The van der Waals surface area contributed by atoms with Crippen LogP contribution in [0.15, 0.2) is 18.3 Å². The number of rotatable bonds is 3. The minimum atomic E-state index is -4.41. The summed E-state index contributed by atoms with van der Waals surface area (Å²) in [4.78, 5) is 8.94. The number of hydrogen-bond donors (Lipinski definition) is 1. The van der Waals surface area contributed by atoms with Crippen molar-refractivity contribution in [1.82, 2.24) is 9.97 Å². The van der Waals surface area contributed by atoms with E-state index < -0.39 is 11.9 Å². The number of alkyl halides is 3. The van der Waals surface area contributed by atoms with Gasteiger partial charge >= 0.3 is 6.18 Å². The summed E-state index contributed by atoms with van der Waals surface area (Å²) in [5.74, 6) is 0. The van der Waals surface area contributed by atoms with Crippen molar-refractivity contribution in [2.45, 2.75) is 33.0 Å². The summed E-state index contributed by atoms with van der Waals surface area (Å²) < 4.78 is 37.2. The van der Waals surface area contributed by atoms with Gasteiger partial charge in [0.15, 0.2) is 0 Å². The van der Waals surface area contributed by atoms with Gasteiger partial charge in [0.25, 0.3) is 0 Å². The van der Waals surface area contributed by atoms with Crippen molar-refractivity contribution in [3.63, 3.8) is 0 Å². The van der Waals surface area contributed by atoms with Crippen molar-refractivity contribution >= 4 is 17.0 Å². The van der Waals surface area contributed by atoms with E-state index in [9.17, 15) is 13.2 Å². The van der Waals surface area contributed by atoms with Crippen LogP contribution in [-0.2, 0) is 6.18 Å². The van der Waals surface area contributed by atoms with Gasteiger partial charge in [-0.25, -0.2) is 9.97 Å². The van der Waals surface area contributed by atoms with E-state index in [2.05, 4.69) is 15.3 Å². The van der Waals surface area contributed by atoms with Gasteiger partial charge in [-0.05, 0) is 32.9 Å². The van der Waals surface area contributed by atoms with E-state index in [1.165, 1.54) is 12.3 Å². The van der Waals surface area contributed by atoms with Crippen molar-refractivity contribution in [1.29, 1.82) is 0 Å². The average Bonchev–Trinajstić information content (AvgIpc) is 2.68. The van der Waals surface area contributed by atoms with Crippen LogP contribution in [0.25, 0.3) is 0 Å². The van der Waals surface area contributed by atoms with Gasteiger partial charge in [0.05, 0.1) is 28.6 Å². The first-order valence-corrected chi connectivity index (χ1v) is 6.82. The highest BCUT2D eigenvalue weighted by Crippen LogP contribution is 2.29. The van der Waals surface area contributed by atoms with Crippen LogP contribution in [0.5, 0.6) is 0 Å². The number of anilines is 1. The number of halogens is 3. The molecule has 1 unspecified atom stereocenters. The van der Waals surface area contributed by atoms with E-state index in [0.717, 1.165) is 21.6 Å². The Bertz CT molecular complexity index is 590. The Kier molecular flexibility index (Phi) is 3.99. The van der Waals surface area contributed by atoms with E-state index in [0.29, 0.717) is 5.69 Å². The summed E-state index contributed by atoms with van der Waals surface area (Å²) in [7, 11) is 0. The molecule has 7 heteroatoms. The lowest BCUT2D eigenvalue weighted by Gasteiger charge is -2.14. The van der Waals surface area contributed by atoms with Gasteiger partial charge in [0.2, 0.25) is 0 Å². The average molecular weight is 301 g/mol. The summed E-state index contributed by atoms with van der Waals surface area (Å²) in [6, 6.07) is 2.26. The number of hydrogen-bond acceptors (Lipinski definition) is 4. The molecule has 2 rings (SSSR count). The van der Waals surface area contributed by atoms with Crippen LogP contribution in [0.2, 0.25) is 0 Å². The number of nitrogens with zero attached hydrogens (tertiary/aromatic N) is 2. The Labute approximate surface area is 118 Å². The molecule has 2 heterocycles. The summed E-state index contributed by atoms with van der Waals surface area (Å²) in [5.41, 5.74) is 0.555. The highest BCUT2D eigenvalue weighted by Gasteiger charge is 2.32. The van der Waals surface area contributed by atoms with Gasteiger partial charge in [0.1, 0.15) is 5.69 Å². The third-order valence-electron chi connectivity index (χ3n) is 2.79. The minimum Gasteiger partial charge on any atom is -0.376 e. The Hall–Kier alpha value is -1.63. The minimum absolute atomic E-state index is 0.0847. The molecule has 0 spiro atoms. The first-order valence-electron chi connectivity index (χ1n) is 6.01. The predicted molar refractivity (Wildman–Crippen MR) is 72.9 cm³/mol. The molecule has 0 aliphatic rings. The van der Waals surface area contributed by atoms with Gasteiger partial charge in [-0.2, -0.15) is 13.2 Å². The van der Waals surface area contributed by atoms with Crippen molar-refractivity contribution in [3.05, 3.63) is 39.6 Å². The molecule has 0 fully saturated rings. The summed E-state index contributed by atoms with van der Waals surface area (Å²) in [6.45, 7) is 5.82. The van der Waals surface area contributed by atoms with Crippen molar-refractivity contribution in [3.8, 4) is 0 Å². The van der Waals surface area contributed by atoms with Gasteiger partial charge in [-0.1, -0.05) is 0 Å². The summed E-state index contributed by atoms with van der Waals surface area (Å²) in [6.07, 6.45) is -3.22. The Balaban J connectivity index is 2.12. The number of nitrogens with one attached hydrogen (secondary N) is 1. The van der Waals surface area contributed by atoms with Crippen LogP contribution in [0.1, 0.15) is 34.2 Å². The van der Waals surface area contributed by atoms with Gasteiger partial charge < -0.3 is 5.32 Å². The van der Waals surface area contributed by atoms with Crippen LogP contribution in [0.4, 0.5) is 18.9 Å². The van der Waals surface area contributed by atoms with E-state index in [1.807, 2.05) is 20.8 Å². The van der Waals surface area contributed by atoms with Crippen LogP contribution in [0, 0.1) is 13.8 Å². The lowest BCUT2D eigenvalue weighted by Crippen LogP contribution is -2.11. The Morgan fingerprint density at radius 2 is 1.95 bits per heavy atom. The Morgan fingerprint density at radius 1 is 1.25 bits per heavy atom. The van der Waals surface area contributed by atoms with E-state index in [4.69, 9.17) is 0 Å². The fourth-order valence-electron chi connectivity index (χ4n) is 1.91. The molecule has 108 valence electrons. The highest BCUT2D eigenvalue weighted by atomic mass is 32.1. The van der Waals surface area contributed by atoms with Crippen molar-refractivity contribution in [2.24, 2.45) is 0 Å². The maximum absolute atomic E-state index is 12.4. The quantitative estimate of drug-likeness (QED) is 0.916. The topological polar surface area (TPSA) is 37.8 Å². The van der Waals surface area contributed by atoms with Gasteiger partial charge in [-0.15, -0.1) is 11.3 Å². The fourth-order valence-corrected chi connectivity index (χ4v) is 2.83. The van der Waals surface area contributed by atoms with E-state index in [-0.39, 0.29) is 6.04 Å². The molecular formula is C13H14F3N3S. The van der Waals surface area contributed by atoms with Crippen LogP contribution in [0.3, 0.4) is 0 Å². The molecule has 1 atom stereocenters. The first-order chi connectivity index (χ1) is 9.27. The largest absolute Gasteiger partial charge is 0.433 e. The molecule has 0 amide bonds. The van der Waals surface area contributed by atoms with Crippen LogP contribution in [-0.4, -0.2) is 9.97 Å². The third kappa shape index (κ3) is 3.27. The third-order valence-corrected chi connectivity index (χ3v) is 3.69. The van der Waals surface area contributed by atoms with Gasteiger partial charge in [0, 0.05) is 4.88 Å². The van der Waals surface area contributed by atoms with E-state index in [1.54, 1.807) is 11.3 Å². The molecule has 0 saturated heterocycles. The predicted octanol–water partition coefficient (Wildman–Crippen LogP) is 4.35. The lowest BCUT2D eigenvalue weighted by molar-refractivity contribution is -0.141. The summed E-state index contributed by atoms with van der Waals surface area (Å²) in [5, 5.41) is 4.07. The zero-order valence-electron chi connectivity index (χ0n) is 11.2. The zero-order valence-corrected chi connectivity index (χ0v) is 12.1. The first kappa shape index (κ1) is 14.8. The molecule has 1 N–H and O–H groups in total. The lowest BCUT2D eigenvalue weighted by atomic mass is 10.2. The number of aryl methyl sites for hydroxylation is 2. The number of pyridine rings is 1. The van der Waals surface area contributed by atoms with Crippen LogP contribution < -0.4 is 5.32 Å². The fraction of sp³-hybridized carbons (Fsp3) is 0.385. The molecule has 0 aliphatic carbocycles. The monoisotopic (exact) mass is 301 g/mol. The van der Waals surface area contributed by atoms with Crippen molar-refractivity contribution < 1.29 is 13.2 Å². The maximum atomic E-state index is 12.4.